The molecule has 2 aliphatic rings. The molecule has 0 bridgehead atoms. The van der Waals surface area contributed by atoms with Crippen molar-refractivity contribution in [1.29, 1.82) is 0 Å². The Morgan fingerprint density at radius 1 is 0.981 bits per heavy atom. The molecule has 0 aromatic heterocycles. The fourth-order valence-corrected chi connectivity index (χ4v) is 8.27. The van der Waals surface area contributed by atoms with Crippen molar-refractivity contribution < 1.29 is 38.2 Å². The molecule has 0 spiro atoms. The van der Waals surface area contributed by atoms with Crippen LogP contribution in [0.4, 0.5) is 0 Å². The number of hydrogen-bond donors (Lipinski definition) is 1. The molecule has 52 heavy (non-hydrogen) atoms. The van der Waals surface area contributed by atoms with Gasteiger partial charge in [-0.1, -0.05) is 65.3 Å². The Morgan fingerprint density at radius 3 is 2.17 bits per heavy atom. The number of carbonyl (C=O) groups excluding carboxylic acids is 5. The molecule has 3 rings (SSSR count). The normalized spacial score (nSPS) is 21.2. The van der Waals surface area contributed by atoms with Gasteiger partial charge in [-0.05, 0) is 56.1 Å². The van der Waals surface area contributed by atoms with Gasteiger partial charge in [-0.15, -0.1) is 0 Å². The zero-order valence-electron chi connectivity index (χ0n) is 33.5. The summed E-state index contributed by atoms with van der Waals surface area (Å²) in [5, 5.41) is 0. The number of ether oxygens (including phenoxy) is 3. The Bertz CT molecular complexity index is 1410. The fraction of sp³-hybridized carbons (Fsp3) is 0.732. The quantitative estimate of drug-likeness (QED) is 0.184. The van der Waals surface area contributed by atoms with Crippen molar-refractivity contribution in [3.8, 4) is 0 Å². The van der Waals surface area contributed by atoms with E-state index in [0.29, 0.717) is 13.0 Å². The van der Waals surface area contributed by atoms with E-state index in [4.69, 9.17) is 19.9 Å². The Kier molecular flexibility index (Phi) is 15.6. The summed E-state index contributed by atoms with van der Waals surface area (Å²) in [4.78, 5) is 71.4. The van der Waals surface area contributed by atoms with Gasteiger partial charge in [-0.25, -0.2) is 0 Å². The molecule has 1 aliphatic carbocycles. The highest BCUT2D eigenvalue weighted by molar-refractivity contribution is 5.92. The maximum atomic E-state index is 14.2. The predicted octanol–water partition coefficient (Wildman–Crippen LogP) is 4.96. The molecule has 1 aliphatic heterocycles. The molecule has 0 unspecified atom stereocenters. The molecule has 1 fully saturated rings. The number of likely N-dealkylation sites (N-methyl/N-ethyl adjacent to an activating group) is 1. The molecule has 2 N–H and O–H groups in total. The van der Waals surface area contributed by atoms with Gasteiger partial charge in [0.05, 0.1) is 49.3 Å². The highest BCUT2D eigenvalue weighted by atomic mass is 16.5. The van der Waals surface area contributed by atoms with Crippen molar-refractivity contribution in [2.75, 3.05) is 34.9 Å². The largest absolute Gasteiger partial charge is 0.469 e. The summed E-state index contributed by atoms with van der Waals surface area (Å²) in [5.41, 5.74) is 7.30. The average Bonchev–Trinajstić information content (AvgIpc) is 3.58. The zero-order valence-corrected chi connectivity index (χ0v) is 33.5. The molecular weight excluding hydrogens is 662 g/mol. The van der Waals surface area contributed by atoms with Gasteiger partial charge in [0.2, 0.25) is 11.8 Å². The number of ketones is 2. The van der Waals surface area contributed by atoms with Gasteiger partial charge in [-0.2, -0.15) is 0 Å². The molecule has 1 aromatic carbocycles. The number of likely N-dealkylation sites (tertiary alicyclic amines) is 1. The third kappa shape index (κ3) is 9.88. The first kappa shape index (κ1) is 43.3. The van der Waals surface area contributed by atoms with E-state index in [1.54, 1.807) is 44.9 Å². The van der Waals surface area contributed by atoms with Crippen molar-refractivity contribution in [2.24, 2.45) is 35.3 Å². The van der Waals surface area contributed by atoms with Crippen LogP contribution in [0.2, 0.25) is 0 Å². The first-order valence-electron chi connectivity index (χ1n) is 19.0. The molecule has 1 heterocycles. The second-order valence-electron chi connectivity index (χ2n) is 16.1. The van der Waals surface area contributed by atoms with Crippen LogP contribution in [-0.4, -0.2) is 104 Å². The molecule has 11 heteroatoms. The minimum Gasteiger partial charge on any atom is -0.469 e. The SMILES string of the molecule is CC[C@H](C)[C@@H]([C@@H](CC(=O)N1CCC[C@H]1[C@H](OC)[C@@H](C)C(=O)C[C@H](C(=O)OC)[C@H]1Cc2ccccc21)OC)N(C)C(=O)[C@@H](CC(=O)C(C)(C)N)C(C)C. The monoisotopic (exact) mass is 727 g/mol. The summed E-state index contributed by atoms with van der Waals surface area (Å²) in [6.45, 7) is 13.6. The number of hydrogen-bond acceptors (Lipinski definition) is 9. The molecule has 9 atom stereocenters. The lowest BCUT2D eigenvalue weighted by Gasteiger charge is -2.41. The van der Waals surface area contributed by atoms with Crippen LogP contribution < -0.4 is 5.73 Å². The van der Waals surface area contributed by atoms with Crippen molar-refractivity contribution >= 4 is 29.4 Å². The van der Waals surface area contributed by atoms with E-state index in [1.165, 1.54) is 12.7 Å². The van der Waals surface area contributed by atoms with Crippen LogP contribution in [0.1, 0.15) is 104 Å². The molecule has 11 nitrogen and oxygen atoms in total. The molecule has 1 saturated heterocycles. The summed E-state index contributed by atoms with van der Waals surface area (Å²) in [6, 6.07) is 7.20. The van der Waals surface area contributed by atoms with Crippen molar-refractivity contribution in [2.45, 2.75) is 129 Å². The Hall–Kier alpha value is -3.15. The number of methoxy groups -OCH3 is 3. The number of nitrogens with zero attached hydrogens (tertiary/aromatic N) is 2. The number of carbonyl (C=O) groups is 5. The van der Waals surface area contributed by atoms with Crippen LogP contribution >= 0.6 is 0 Å². The molecule has 292 valence electrons. The lowest BCUT2D eigenvalue weighted by Crippen LogP contribution is -2.54. The third-order valence-electron chi connectivity index (χ3n) is 11.9. The minimum atomic E-state index is -1.05. The zero-order chi connectivity index (χ0) is 39.1. The standard InChI is InChI=1S/C41H65N3O8/c1-12-25(4)37(43(8)39(48)29(24(2)3)22-35(46)41(6,7)42)34(50-9)23-36(47)44-19-15-18-32(44)38(51-10)26(5)33(45)21-31(40(49)52-11)30-20-27-16-13-14-17-28(27)30/h13-14,16-17,24-26,29-32,34,37-38H,12,15,18-23,42H2,1-11H3/t25-,26-,29-,30-,31-,32-,34+,37-,38+/m0/s1. The number of amides is 2. The topological polar surface area (TPSA) is 146 Å². The first-order valence-corrected chi connectivity index (χ1v) is 19.0. The smallest absolute Gasteiger partial charge is 0.309 e. The fourth-order valence-electron chi connectivity index (χ4n) is 8.27. The van der Waals surface area contributed by atoms with Gasteiger partial charge in [0.1, 0.15) is 5.78 Å². The summed E-state index contributed by atoms with van der Waals surface area (Å²) in [6.07, 6.45) is 1.81. The number of esters is 1. The van der Waals surface area contributed by atoms with Gasteiger partial charge >= 0.3 is 5.97 Å². The lowest BCUT2D eigenvalue weighted by molar-refractivity contribution is -0.150. The van der Waals surface area contributed by atoms with E-state index in [0.717, 1.165) is 24.8 Å². The van der Waals surface area contributed by atoms with Gasteiger partial charge in [0.15, 0.2) is 5.78 Å². The molecule has 1 aromatic rings. The predicted molar refractivity (Wildman–Crippen MR) is 200 cm³/mol. The molecule has 0 radical (unpaired) electrons. The van der Waals surface area contributed by atoms with Gasteiger partial charge < -0.3 is 29.7 Å². The molecule has 0 saturated carbocycles. The minimum absolute atomic E-state index is 0.00899. The van der Waals surface area contributed by atoms with Crippen LogP contribution in [0.25, 0.3) is 0 Å². The Balaban J connectivity index is 1.78. The van der Waals surface area contributed by atoms with E-state index in [9.17, 15) is 24.0 Å². The average molecular weight is 728 g/mol. The van der Waals surface area contributed by atoms with Gasteiger partial charge in [0.25, 0.3) is 0 Å². The Labute approximate surface area is 311 Å². The van der Waals surface area contributed by atoms with E-state index in [-0.39, 0.29) is 66.4 Å². The van der Waals surface area contributed by atoms with Crippen LogP contribution in [-0.2, 0) is 44.6 Å². The lowest BCUT2D eigenvalue weighted by atomic mass is 9.68. The van der Waals surface area contributed by atoms with E-state index < -0.39 is 47.5 Å². The second-order valence-corrected chi connectivity index (χ2v) is 16.1. The summed E-state index contributed by atoms with van der Waals surface area (Å²) < 4.78 is 17.1. The van der Waals surface area contributed by atoms with E-state index >= 15 is 0 Å². The van der Waals surface area contributed by atoms with Crippen LogP contribution in [0, 0.1) is 29.6 Å². The van der Waals surface area contributed by atoms with Crippen LogP contribution in [0.3, 0.4) is 0 Å². The molecular formula is C41H65N3O8. The third-order valence-corrected chi connectivity index (χ3v) is 11.9. The number of Topliss-reactive ketones (excluding diaryl/α,β-unsaturated/α-hetero) is 2. The number of benzene rings is 1. The van der Waals surface area contributed by atoms with E-state index in [2.05, 4.69) is 0 Å². The summed E-state index contributed by atoms with van der Waals surface area (Å²) in [7, 11) is 6.21. The molecule has 2 amide bonds. The first-order chi connectivity index (χ1) is 24.4. The summed E-state index contributed by atoms with van der Waals surface area (Å²) in [5.74, 6) is -2.91. The second kappa shape index (κ2) is 18.7. The van der Waals surface area contributed by atoms with Crippen molar-refractivity contribution in [3.63, 3.8) is 0 Å². The highest BCUT2D eigenvalue weighted by Crippen LogP contribution is 2.43. The maximum absolute atomic E-state index is 14.2. The van der Waals surface area contributed by atoms with Crippen molar-refractivity contribution in [1.82, 2.24) is 9.80 Å². The van der Waals surface area contributed by atoms with Crippen molar-refractivity contribution in [3.05, 3.63) is 35.4 Å². The maximum Gasteiger partial charge on any atom is 0.309 e. The number of rotatable bonds is 20. The van der Waals surface area contributed by atoms with Gasteiger partial charge in [-0.3, -0.25) is 24.0 Å². The van der Waals surface area contributed by atoms with Crippen LogP contribution in [0.15, 0.2) is 24.3 Å². The highest BCUT2D eigenvalue weighted by Gasteiger charge is 2.45. The Morgan fingerprint density at radius 2 is 1.63 bits per heavy atom. The van der Waals surface area contributed by atoms with Gasteiger partial charge in [0, 0.05) is 58.4 Å². The number of nitrogens with two attached hydrogens (primary N) is 1. The van der Waals surface area contributed by atoms with E-state index in [1.807, 2.05) is 58.9 Å². The van der Waals surface area contributed by atoms with Crippen LogP contribution in [0.5, 0.6) is 0 Å². The summed E-state index contributed by atoms with van der Waals surface area (Å²) >= 11 is 0. The number of fused-ring (bicyclic) bond motifs is 1.